The minimum absolute atomic E-state index is 0.130. The number of hydrogen-bond acceptors (Lipinski definition) is 4. The SMILES string of the molecule is CN1CCOc2ccc(NS(=O)(=O)Cc3ccccc3)cc2C1=O. The fraction of sp³-hybridized carbons (Fsp3) is 0.235. The molecule has 0 spiro atoms. The highest BCUT2D eigenvalue weighted by Crippen LogP contribution is 2.26. The van der Waals surface area contributed by atoms with Gasteiger partial charge in [0.15, 0.2) is 0 Å². The molecular formula is C17H18N2O4S. The number of nitrogens with one attached hydrogen (secondary N) is 1. The zero-order valence-electron chi connectivity index (χ0n) is 13.2. The lowest BCUT2D eigenvalue weighted by Gasteiger charge is -2.13. The standard InChI is InChI=1S/C17H18N2O4S/c1-19-9-10-23-16-8-7-14(11-15(16)17(19)20)18-24(21,22)12-13-5-3-2-4-6-13/h2-8,11,18H,9-10,12H2,1H3. The molecule has 0 saturated carbocycles. The third-order valence-electron chi connectivity index (χ3n) is 3.71. The van der Waals surface area contributed by atoms with Crippen LogP contribution in [-0.4, -0.2) is 39.4 Å². The fourth-order valence-corrected chi connectivity index (χ4v) is 3.68. The highest BCUT2D eigenvalue weighted by Gasteiger charge is 2.22. The Balaban J connectivity index is 1.83. The smallest absolute Gasteiger partial charge is 0.257 e. The van der Waals surface area contributed by atoms with Gasteiger partial charge in [-0.05, 0) is 23.8 Å². The van der Waals surface area contributed by atoms with Gasteiger partial charge in [0.1, 0.15) is 12.4 Å². The molecular weight excluding hydrogens is 328 g/mol. The Morgan fingerprint density at radius 1 is 1.17 bits per heavy atom. The molecule has 0 atom stereocenters. The number of amides is 1. The maximum atomic E-state index is 12.3. The van der Waals surface area contributed by atoms with Crippen LogP contribution in [0.1, 0.15) is 15.9 Å². The summed E-state index contributed by atoms with van der Waals surface area (Å²) in [6, 6.07) is 13.6. The lowest BCUT2D eigenvalue weighted by Crippen LogP contribution is -2.27. The van der Waals surface area contributed by atoms with Gasteiger partial charge in [-0.3, -0.25) is 9.52 Å². The van der Waals surface area contributed by atoms with E-state index >= 15 is 0 Å². The van der Waals surface area contributed by atoms with E-state index < -0.39 is 10.0 Å². The van der Waals surface area contributed by atoms with E-state index in [4.69, 9.17) is 4.74 Å². The van der Waals surface area contributed by atoms with Crippen LogP contribution >= 0.6 is 0 Å². The molecule has 6 nitrogen and oxygen atoms in total. The van der Waals surface area contributed by atoms with Crippen LogP contribution in [0.5, 0.6) is 5.75 Å². The van der Waals surface area contributed by atoms with E-state index in [1.54, 1.807) is 48.3 Å². The number of carbonyl (C=O) groups excluding carboxylic acids is 1. The molecule has 1 N–H and O–H groups in total. The Morgan fingerprint density at radius 3 is 2.67 bits per heavy atom. The third kappa shape index (κ3) is 3.68. The van der Waals surface area contributed by atoms with Crippen molar-refractivity contribution < 1.29 is 17.9 Å². The summed E-state index contributed by atoms with van der Waals surface area (Å²) in [6.07, 6.45) is 0. The molecule has 1 aliphatic heterocycles. The summed E-state index contributed by atoms with van der Waals surface area (Å²) >= 11 is 0. The molecule has 0 aromatic heterocycles. The second-order valence-electron chi connectivity index (χ2n) is 5.63. The first kappa shape index (κ1) is 16.3. The summed E-state index contributed by atoms with van der Waals surface area (Å²) in [6.45, 7) is 0.900. The van der Waals surface area contributed by atoms with Crippen molar-refractivity contribution in [3.8, 4) is 5.75 Å². The largest absolute Gasteiger partial charge is 0.491 e. The van der Waals surface area contributed by atoms with Crippen LogP contribution in [0, 0.1) is 0 Å². The quantitative estimate of drug-likeness (QED) is 0.920. The number of likely N-dealkylation sites (N-methyl/N-ethyl adjacent to an activating group) is 1. The van der Waals surface area contributed by atoms with Crippen molar-refractivity contribution in [2.24, 2.45) is 0 Å². The Labute approximate surface area is 141 Å². The molecule has 2 aromatic carbocycles. The molecule has 2 aromatic rings. The molecule has 0 saturated heterocycles. The normalized spacial score (nSPS) is 14.5. The summed E-state index contributed by atoms with van der Waals surface area (Å²) in [5.41, 5.74) is 1.39. The number of anilines is 1. The minimum Gasteiger partial charge on any atom is -0.491 e. The van der Waals surface area contributed by atoms with Crippen molar-refractivity contribution in [3.05, 3.63) is 59.7 Å². The number of nitrogens with zero attached hydrogens (tertiary/aromatic N) is 1. The monoisotopic (exact) mass is 346 g/mol. The Morgan fingerprint density at radius 2 is 1.92 bits per heavy atom. The minimum atomic E-state index is -3.57. The number of benzene rings is 2. The third-order valence-corrected chi connectivity index (χ3v) is 4.97. The molecule has 0 unspecified atom stereocenters. The van der Waals surface area contributed by atoms with Crippen LogP contribution in [-0.2, 0) is 15.8 Å². The van der Waals surface area contributed by atoms with E-state index in [1.807, 2.05) is 6.07 Å². The van der Waals surface area contributed by atoms with Crippen molar-refractivity contribution in [2.75, 3.05) is 24.9 Å². The van der Waals surface area contributed by atoms with Crippen molar-refractivity contribution >= 4 is 21.6 Å². The summed E-state index contributed by atoms with van der Waals surface area (Å²) in [4.78, 5) is 13.9. The number of fused-ring (bicyclic) bond motifs is 1. The van der Waals surface area contributed by atoms with Gasteiger partial charge >= 0.3 is 0 Å². The van der Waals surface area contributed by atoms with Gasteiger partial charge in [-0.15, -0.1) is 0 Å². The van der Waals surface area contributed by atoms with E-state index in [1.165, 1.54) is 6.07 Å². The lowest BCUT2D eigenvalue weighted by molar-refractivity contribution is 0.0796. The van der Waals surface area contributed by atoms with Crippen molar-refractivity contribution in [1.29, 1.82) is 0 Å². The zero-order valence-corrected chi connectivity index (χ0v) is 14.0. The second kappa shape index (κ2) is 6.52. The van der Waals surface area contributed by atoms with Crippen LogP contribution in [0.3, 0.4) is 0 Å². The van der Waals surface area contributed by atoms with Gasteiger partial charge in [0.25, 0.3) is 5.91 Å². The van der Waals surface area contributed by atoms with Crippen LogP contribution < -0.4 is 9.46 Å². The Bertz CT molecular complexity index is 850. The molecule has 126 valence electrons. The van der Waals surface area contributed by atoms with Crippen molar-refractivity contribution in [1.82, 2.24) is 4.90 Å². The number of carbonyl (C=O) groups is 1. The highest BCUT2D eigenvalue weighted by atomic mass is 32.2. The van der Waals surface area contributed by atoms with E-state index in [9.17, 15) is 13.2 Å². The topological polar surface area (TPSA) is 75.7 Å². The predicted octanol–water partition coefficient (Wildman–Crippen LogP) is 2.09. The fourth-order valence-electron chi connectivity index (χ4n) is 2.50. The number of rotatable bonds is 4. The maximum absolute atomic E-state index is 12.3. The summed E-state index contributed by atoms with van der Waals surface area (Å²) in [5, 5.41) is 0. The molecule has 1 amide bonds. The van der Waals surface area contributed by atoms with Crippen molar-refractivity contribution in [2.45, 2.75) is 5.75 Å². The average Bonchev–Trinajstić information content (AvgIpc) is 2.68. The number of sulfonamides is 1. The van der Waals surface area contributed by atoms with Gasteiger partial charge in [0.05, 0.1) is 17.9 Å². The zero-order chi connectivity index (χ0) is 17.2. The molecule has 7 heteroatoms. The molecule has 24 heavy (non-hydrogen) atoms. The van der Waals surface area contributed by atoms with Gasteiger partial charge in [0.2, 0.25) is 10.0 Å². The van der Waals surface area contributed by atoms with Crippen LogP contribution in [0.25, 0.3) is 0 Å². The average molecular weight is 346 g/mol. The molecule has 0 aliphatic carbocycles. The van der Waals surface area contributed by atoms with Gasteiger partial charge in [-0.1, -0.05) is 30.3 Å². The van der Waals surface area contributed by atoms with E-state index in [0.717, 1.165) is 0 Å². The van der Waals surface area contributed by atoms with Crippen molar-refractivity contribution in [3.63, 3.8) is 0 Å². The lowest BCUT2D eigenvalue weighted by atomic mass is 10.1. The van der Waals surface area contributed by atoms with Gasteiger partial charge < -0.3 is 9.64 Å². The highest BCUT2D eigenvalue weighted by molar-refractivity contribution is 7.91. The number of hydrogen-bond donors (Lipinski definition) is 1. The van der Waals surface area contributed by atoms with Gasteiger partial charge in [-0.2, -0.15) is 0 Å². The first-order chi connectivity index (χ1) is 11.4. The first-order valence-corrected chi connectivity index (χ1v) is 9.16. The molecule has 3 rings (SSSR count). The van der Waals surface area contributed by atoms with E-state index in [0.29, 0.717) is 35.7 Å². The molecule has 0 fully saturated rings. The van der Waals surface area contributed by atoms with E-state index in [2.05, 4.69) is 4.72 Å². The van der Waals surface area contributed by atoms with E-state index in [-0.39, 0.29) is 11.7 Å². The second-order valence-corrected chi connectivity index (χ2v) is 7.36. The Hall–Kier alpha value is -2.54. The van der Waals surface area contributed by atoms with Crippen LogP contribution in [0.4, 0.5) is 5.69 Å². The maximum Gasteiger partial charge on any atom is 0.257 e. The summed E-state index contributed by atoms with van der Waals surface area (Å²) < 4.78 is 32.7. The van der Waals surface area contributed by atoms with Gasteiger partial charge in [-0.25, -0.2) is 8.42 Å². The molecule has 1 aliphatic rings. The van der Waals surface area contributed by atoms with Gasteiger partial charge in [0, 0.05) is 12.7 Å². The Kier molecular flexibility index (Phi) is 4.44. The molecule has 0 radical (unpaired) electrons. The predicted molar refractivity (Wildman–Crippen MR) is 91.6 cm³/mol. The first-order valence-electron chi connectivity index (χ1n) is 7.51. The summed E-state index contributed by atoms with van der Waals surface area (Å²) in [5.74, 6) is 0.150. The molecule has 0 bridgehead atoms. The number of ether oxygens (including phenoxy) is 1. The van der Waals surface area contributed by atoms with Crippen LogP contribution in [0.2, 0.25) is 0 Å². The molecule has 1 heterocycles. The summed E-state index contributed by atoms with van der Waals surface area (Å²) in [7, 11) is -1.88. The van der Waals surface area contributed by atoms with Crippen LogP contribution in [0.15, 0.2) is 48.5 Å².